The van der Waals surface area contributed by atoms with E-state index in [1.165, 1.54) is 18.2 Å². The molecule has 1 N–H and O–H groups in total. The number of hydrogen-bond acceptors (Lipinski definition) is 1. The fraction of sp³-hybridized carbons (Fsp3) is 0.250. The highest BCUT2D eigenvalue weighted by Gasteiger charge is 2.18. The lowest BCUT2D eigenvalue weighted by Gasteiger charge is -2.20. The van der Waals surface area contributed by atoms with E-state index in [2.05, 4.69) is 27.9 Å². The SMILES string of the molecule is CNC(Cc1c(F)cccc1F)c1cccc(C)c1I. The second-order valence-corrected chi connectivity index (χ2v) is 5.80. The van der Waals surface area contributed by atoms with Crippen LogP contribution in [0.2, 0.25) is 0 Å². The van der Waals surface area contributed by atoms with Crippen molar-refractivity contribution in [2.75, 3.05) is 7.05 Å². The fourth-order valence-corrected chi connectivity index (χ4v) is 2.97. The molecule has 0 saturated carbocycles. The Morgan fingerprint density at radius 3 is 2.30 bits per heavy atom. The molecule has 0 aliphatic carbocycles. The summed E-state index contributed by atoms with van der Waals surface area (Å²) in [6.45, 7) is 2.03. The van der Waals surface area contributed by atoms with Gasteiger partial charge in [0, 0.05) is 15.2 Å². The van der Waals surface area contributed by atoms with E-state index in [9.17, 15) is 8.78 Å². The molecule has 4 heteroatoms. The highest BCUT2D eigenvalue weighted by molar-refractivity contribution is 14.1. The van der Waals surface area contributed by atoms with Gasteiger partial charge in [0.1, 0.15) is 11.6 Å². The second-order valence-electron chi connectivity index (χ2n) is 4.72. The third-order valence-electron chi connectivity index (χ3n) is 3.42. The summed E-state index contributed by atoms with van der Waals surface area (Å²) in [7, 11) is 1.81. The predicted octanol–water partition coefficient (Wildman–Crippen LogP) is 4.38. The molecule has 0 bridgehead atoms. The summed E-state index contributed by atoms with van der Waals surface area (Å²) in [6, 6.07) is 9.86. The molecule has 0 heterocycles. The zero-order chi connectivity index (χ0) is 14.7. The molecule has 2 aromatic rings. The minimum Gasteiger partial charge on any atom is -0.313 e. The Hall–Kier alpha value is -1.01. The molecule has 1 unspecified atom stereocenters. The van der Waals surface area contributed by atoms with Crippen molar-refractivity contribution in [1.29, 1.82) is 0 Å². The number of benzene rings is 2. The lowest BCUT2D eigenvalue weighted by Crippen LogP contribution is -2.21. The molecule has 0 spiro atoms. The van der Waals surface area contributed by atoms with Crippen molar-refractivity contribution in [1.82, 2.24) is 5.32 Å². The maximum Gasteiger partial charge on any atom is 0.129 e. The van der Waals surface area contributed by atoms with Gasteiger partial charge < -0.3 is 5.32 Å². The van der Waals surface area contributed by atoms with Gasteiger partial charge >= 0.3 is 0 Å². The third kappa shape index (κ3) is 3.17. The highest BCUT2D eigenvalue weighted by atomic mass is 127. The fourth-order valence-electron chi connectivity index (χ4n) is 2.24. The number of likely N-dealkylation sites (N-methyl/N-ethyl adjacent to an activating group) is 1. The van der Waals surface area contributed by atoms with E-state index >= 15 is 0 Å². The number of nitrogens with one attached hydrogen (secondary N) is 1. The minimum atomic E-state index is -0.493. The maximum atomic E-state index is 13.8. The molecular weight excluding hydrogens is 371 g/mol. The van der Waals surface area contributed by atoms with Crippen LogP contribution in [0.15, 0.2) is 36.4 Å². The van der Waals surface area contributed by atoms with E-state index in [0.29, 0.717) is 0 Å². The molecule has 1 atom stereocenters. The largest absolute Gasteiger partial charge is 0.313 e. The Bertz CT molecular complexity index is 593. The quantitative estimate of drug-likeness (QED) is 0.768. The summed E-state index contributed by atoms with van der Waals surface area (Å²) in [4.78, 5) is 0. The Balaban J connectivity index is 2.37. The van der Waals surface area contributed by atoms with Crippen LogP contribution in [0.5, 0.6) is 0 Å². The van der Waals surface area contributed by atoms with Crippen molar-refractivity contribution in [3.8, 4) is 0 Å². The van der Waals surface area contributed by atoms with Gasteiger partial charge in [-0.1, -0.05) is 24.3 Å². The lowest BCUT2D eigenvalue weighted by atomic mass is 9.97. The first kappa shape index (κ1) is 15.4. The Morgan fingerprint density at radius 2 is 1.70 bits per heavy atom. The molecule has 0 saturated heterocycles. The number of aryl methyl sites for hydroxylation is 1. The van der Waals surface area contributed by atoms with Gasteiger partial charge in [-0.05, 0) is 66.2 Å². The van der Waals surface area contributed by atoms with Crippen LogP contribution in [0.3, 0.4) is 0 Å². The molecule has 0 aliphatic heterocycles. The standard InChI is InChI=1S/C16H16F2IN/c1-10-5-3-6-11(16(10)19)15(20-2)9-12-13(17)7-4-8-14(12)18/h3-8,15,20H,9H2,1-2H3. The monoisotopic (exact) mass is 387 g/mol. The van der Waals surface area contributed by atoms with Crippen molar-refractivity contribution in [3.05, 3.63) is 68.3 Å². The van der Waals surface area contributed by atoms with Gasteiger partial charge in [0.25, 0.3) is 0 Å². The minimum absolute atomic E-state index is 0.117. The van der Waals surface area contributed by atoms with Crippen molar-refractivity contribution in [2.24, 2.45) is 0 Å². The predicted molar refractivity (Wildman–Crippen MR) is 85.8 cm³/mol. The molecule has 1 nitrogen and oxygen atoms in total. The van der Waals surface area contributed by atoms with Gasteiger partial charge in [0.05, 0.1) is 0 Å². The van der Waals surface area contributed by atoms with Crippen molar-refractivity contribution < 1.29 is 8.78 Å². The summed E-state index contributed by atoms with van der Waals surface area (Å²) < 4.78 is 28.7. The van der Waals surface area contributed by atoms with E-state index in [-0.39, 0.29) is 18.0 Å². The van der Waals surface area contributed by atoms with Crippen LogP contribution < -0.4 is 5.32 Å². The van der Waals surface area contributed by atoms with Crippen molar-refractivity contribution >= 4 is 22.6 Å². The van der Waals surface area contributed by atoms with E-state index < -0.39 is 11.6 Å². The van der Waals surface area contributed by atoms with E-state index in [1.54, 1.807) is 0 Å². The molecule has 0 fully saturated rings. The summed E-state index contributed by atoms with van der Waals surface area (Å²) in [5.74, 6) is -0.985. The first-order valence-corrected chi connectivity index (χ1v) is 7.47. The Morgan fingerprint density at radius 1 is 1.10 bits per heavy atom. The first-order valence-electron chi connectivity index (χ1n) is 6.39. The molecule has 0 radical (unpaired) electrons. The number of halogens is 3. The average molecular weight is 387 g/mol. The molecule has 2 rings (SSSR count). The van der Waals surface area contributed by atoms with E-state index in [4.69, 9.17) is 0 Å². The molecule has 0 aromatic heterocycles. The third-order valence-corrected chi connectivity index (χ3v) is 4.89. The molecule has 20 heavy (non-hydrogen) atoms. The maximum absolute atomic E-state index is 13.8. The second kappa shape index (κ2) is 6.63. The van der Waals surface area contributed by atoms with E-state index in [0.717, 1.165) is 14.7 Å². The van der Waals surface area contributed by atoms with Gasteiger partial charge in [-0.25, -0.2) is 8.78 Å². The first-order chi connectivity index (χ1) is 9.54. The van der Waals surface area contributed by atoms with Gasteiger partial charge in [-0.2, -0.15) is 0 Å². The zero-order valence-corrected chi connectivity index (χ0v) is 13.5. The molecular formula is C16H16F2IN. The van der Waals surface area contributed by atoms with Gasteiger partial charge in [0.15, 0.2) is 0 Å². The van der Waals surface area contributed by atoms with Crippen LogP contribution in [0, 0.1) is 22.1 Å². The van der Waals surface area contributed by atoms with Crippen LogP contribution in [-0.2, 0) is 6.42 Å². The van der Waals surface area contributed by atoms with Gasteiger partial charge in [-0.15, -0.1) is 0 Å². The van der Waals surface area contributed by atoms with Crippen LogP contribution >= 0.6 is 22.6 Å². The van der Waals surface area contributed by atoms with Crippen LogP contribution in [0.1, 0.15) is 22.7 Å². The van der Waals surface area contributed by atoms with Crippen molar-refractivity contribution in [2.45, 2.75) is 19.4 Å². The van der Waals surface area contributed by atoms with Crippen LogP contribution in [0.25, 0.3) is 0 Å². The van der Waals surface area contributed by atoms with Gasteiger partial charge in [-0.3, -0.25) is 0 Å². The smallest absolute Gasteiger partial charge is 0.129 e. The normalized spacial score (nSPS) is 12.4. The molecule has 0 aliphatic rings. The van der Waals surface area contributed by atoms with E-state index in [1.807, 2.05) is 32.2 Å². The van der Waals surface area contributed by atoms with Gasteiger partial charge in [0.2, 0.25) is 0 Å². The lowest BCUT2D eigenvalue weighted by molar-refractivity contribution is 0.514. The number of hydrogen-bond donors (Lipinski definition) is 1. The summed E-state index contributed by atoms with van der Waals surface area (Å²) in [5, 5.41) is 3.15. The summed E-state index contributed by atoms with van der Waals surface area (Å²) >= 11 is 2.28. The zero-order valence-electron chi connectivity index (χ0n) is 11.4. The summed E-state index contributed by atoms with van der Waals surface area (Å²) in [5.41, 5.74) is 2.36. The topological polar surface area (TPSA) is 12.0 Å². The number of rotatable bonds is 4. The van der Waals surface area contributed by atoms with Crippen molar-refractivity contribution in [3.63, 3.8) is 0 Å². The average Bonchev–Trinajstić information content (AvgIpc) is 2.42. The highest BCUT2D eigenvalue weighted by Crippen LogP contribution is 2.27. The molecule has 2 aromatic carbocycles. The Kier molecular flexibility index (Phi) is 5.10. The Labute approximate surface area is 131 Å². The van der Waals surface area contributed by atoms with Crippen LogP contribution in [-0.4, -0.2) is 7.05 Å². The summed E-state index contributed by atoms with van der Waals surface area (Å²) in [6.07, 6.45) is 0.286. The molecule has 0 amide bonds. The molecule has 106 valence electrons. The van der Waals surface area contributed by atoms with Crippen LogP contribution in [0.4, 0.5) is 8.78 Å².